The van der Waals surface area contributed by atoms with E-state index in [4.69, 9.17) is 0 Å². The fraction of sp³-hybridized carbons (Fsp3) is 0.0833. The summed E-state index contributed by atoms with van der Waals surface area (Å²) < 4.78 is 0. The molecular weight excluding hydrogens is 418 g/mol. The highest BCUT2D eigenvalue weighted by molar-refractivity contribution is 6.04. The fourth-order valence-corrected chi connectivity index (χ4v) is 3.61. The topological polar surface area (TPSA) is 135 Å². The van der Waals surface area contributed by atoms with E-state index >= 15 is 0 Å². The van der Waals surface area contributed by atoms with Gasteiger partial charge in [-0.1, -0.05) is 18.2 Å². The molecule has 0 atom stereocenters. The SMILES string of the molecule is Cc1cc(N=Cc2c(O)[nH]c3ccc(Cc4ccc(NC(=O)c5cn[nH]c5)cc4)cc23)n[nH]1. The number of benzene rings is 2. The first-order chi connectivity index (χ1) is 16.0. The predicted octanol–water partition coefficient (Wildman–Crippen LogP) is 4.22. The molecule has 0 saturated heterocycles. The van der Waals surface area contributed by atoms with Gasteiger partial charge in [-0.2, -0.15) is 10.2 Å². The molecule has 0 aliphatic carbocycles. The molecule has 0 bridgehead atoms. The summed E-state index contributed by atoms with van der Waals surface area (Å²) in [4.78, 5) is 19.5. The van der Waals surface area contributed by atoms with E-state index in [9.17, 15) is 9.90 Å². The number of fused-ring (bicyclic) bond motifs is 1. The second kappa shape index (κ2) is 8.46. The summed E-state index contributed by atoms with van der Waals surface area (Å²) in [5, 5.41) is 27.4. The van der Waals surface area contributed by atoms with E-state index < -0.39 is 0 Å². The Labute approximate surface area is 188 Å². The van der Waals surface area contributed by atoms with E-state index in [0.29, 0.717) is 29.1 Å². The first-order valence-electron chi connectivity index (χ1n) is 10.3. The number of aromatic hydroxyl groups is 1. The van der Waals surface area contributed by atoms with Crippen LogP contribution in [0.4, 0.5) is 11.5 Å². The van der Waals surface area contributed by atoms with Crippen molar-refractivity contribution in [3.63, 3.8) is 0 Å². The van der Waals surface area contributed by atoms with E-state index in [1.54, 1.807) is 12.4 Å². The Morgan fingerprint density at radius 2 is 1.97 bits per heavy atom. The molecule has 9 heteroatoms. The monoisotopic (exact) mass is 439 g/mol. The Morgan fingerprint density at radius 1 is 1.15 bits per heavy atom. The van der Waals surface area contributed by atoms with E-state index in [1.807, 2.05) is 55.5 Å². The van der Waals surface area contributed by atoms with Crippen LogP contribution in [-0.2, 0) is 6.42 Å². The minimum Gasteiger partial charge on any atom is -0.494 e. The zero-order chi connectivity index (χ0) is 22.8. The molecule has 0 aliphatic rings. The van der Waals surface area contributed by atoms with Crippen LogP contribution in [0, 0.1) is 6.92 Å². The largest absolute Gasteiger partial charge is 0.494 e. The fourth-order valence-electron chi connectivity index (χ4n) is 3.61. The summed E-state index contributed by atoms with van der Waals surface area (Å²) in [5.74, 6) is 0.404. The van der Waals surface area contributed by atoms with Gasteiger partial charge in [-0.3, -0.25) is 15.0 Å². The number of aliphatic imine (C=N–C) groups is 1. The van der Waals surface area contributed by atoms with E-state index in [1.165, 1.54) is 6.20 Å². The summed E-state index contributed by atoms with van der Waals surface area (Å²) in [6.07, 6.45) is 5.35. The molecule has 164 valence electrons. The molecule has 0 spiro atoms. The Hall–Kier alpha value is -4.66. The van der Waals surface area contributed by atoms with Crippen molar-refractivity contribution in [2.45, 2.75) is 13.3 Å². The molecule has 1 amide bonds. The van der Waals surface area contributed by atoms with Gasteiger partial charge >= 0.3 is 0 Å². The van der Waals surface area contributed by atoms with Crippen molar-refractivity contribution in [1.82, 2.24) is 25.4 Å². The van der Waals surface area contributed by atoms with Gasteiger partial charge in [0.05, 0.1) is 17.3 Å². The number of anilines is 1. The number of amides is 1. The highest BCUT2D eigenvalue weighted by Crippen LogP contribution is 2.28. The van der Waals surface area contributed by atoms with Crippen LogP contribution < -0.4 is 5.32 Å². The van der Waals surface area contributed by atoms with Gasteiger partial charge in [-0.15, -0.1) is 0 Å². The zero-order valence-corrected chi connectivity index (χ0v) is 17.8. The lowest BCUT2D eigenvalue weighted by molar-refractivity contribution is 0.102. The highest BCUT2D eigenvalue weighted by atomic mass is 16.3. The molecule has 33 heavy (non-hydrogen) atoms. The van der Waals surface area contributed by atoms with E-state index in [0.717, 1.165) is 27.7 Å². The van der Waals surface area contributed by atoms with Gasteiger partial charge in [0.15, 0.2) is 11.7 Å². The quantitative estimate of drug-likeness (QED) is 0.253. The molecule has 0 fully saturated rings. The number of aromatic amines is 3. The van der Waals surface area contributed by atoms with Crippen LogP contribution in [0.25, 0.3) is 10.9 Å². The molecule has 5 rings (SSSR count). The average Bonchev–Trinajstić information content (AvgIpc) is 3.54. The summed E-state index contributed by atoms with van der Waals surface area (Å²) >= 11 is 0. The molecule has 3 aromatic heterocycles. The van der Waals surface area contributed by atoms with Gasteiger partial charge in [0.2, 0.25) is 0 Å². The van der Waals surface area contributed by atoms with Crippen LogP contribution in [0.3, 0.4) is 0 Å². The highest BCUT2D eigenvalue weighted by Gasteiger charge is 2.11. The van der Waals surface area contributed by atoms with Crippen molar-refractivity contribution in [2.24, 2.45) is 4.99 Å². The van der Waals surface area contributed by atoms with Crippen LogP contribution in [0.15, 0.2) is 65.9 Å². The van der Waals surface area contributed by atoms with Crippen molar-refractivity contribution < 1.29 is 9.90 Å². The molecule has 0 unspecified atom stereocenters. The van der Waals surface area contributed by atoms with Gasteiger partial charge in [0.1, 0.15) is 0 Å². The van der Waals surface area contributed by atoms with Crippen LogP contribution >= 0.6 is 0 Å². The van der Waals surface area contributed by atoms with Gasteiger partial charge in [-0.25, -0.2) is 4.99 Å². The van der Waals surface area contributed by atoms with E-state index in [-0.39, 0.29) is 11.8 Å². The van der Waals surface area contributed by atoms with Gasteiger partial charge < -0.3 is 15.4 Å². The first-order valence-corrected chi connectivity index (χ1v) is 10.3. The summed E-state index contributed by atoms with van der Waals surface area (Å²) in [7, 11) is 0. The molecular formula is C24H21N7O2. The minimum absolute atomic E-state index is 0.0656. The lowest BCUT2D eigenvalue weighted by Crippen LogP contribution is -2.10. The Kier molecular flexibility index (Phi) is 5.19. The molecule has 9 nitrogen and oxygen atoms in total. The molecule has 0 aliphatic heterocycles. The lowest BCUT2D eigenvalue weighted by atomic mass is 10.0. The van der Waals surface area contributed by atoms with Crippen molar-refractivity contribution in [1.29, 1.82) is 0 Å². The number of H-pyrrole nitrogens is 3. The standard InChI is InChI=1S/C24H21N7O2/c1-14-8-22(31-30-14)25-13-20-19-10-16(4-7-21(19)29-24(20)33)9-15-2-5-18(6-3-15)28-23(32)17-11-26-27-12-17/h2-8,10-13,29,33H,9H2,1H3,(H,26,27)(H,28,32)(H,30,31). The number of hydrogen-bond donors (Lipinski definition) is 5. The van der Waals surface area contributed by atoms with Gasteiger partial charge in [0, 0.05) is 40.8 Å². The molecule has 3 heterocycles. The number of rotatable bonds is 6. The Morgan fingerprint density at radius 3 is 2.70 bits per heavy atom. The van der Waals surface area contributed by atoms with Gasteiger partial charge in [-0.05, 0) is 48.7 Å². The Bertz CT molecular complexity index is 1440. The molecule has 5 aromatic rings. The molecule has 0 radical (unpaired) electrons. The normalized spacial score (nSPS) is 11.4. The summed E-state index contributed by atoms with van der Waals surface area (Å²) in [6, 6.07) is 15.5. The smallest absolute Gasteiger partial charge is 0.258 e. The number of aromatic nitrogens is 5. The number of carbonyl (C=O) groups is 1. The summed E-state index contributed by atoms with van der Waals surface area (Å²) in [5.41, 5.74) is 5.73. The van der Waals surface area contributed by atoms with Crippen LogP contribution in [0.2, 0.25) is 0 Å². The second-order valence-electron chi connectivity index (χ2n) is 7.75. The second-order valence-corrected chi connectivity index (χ2v) is 7.75. The van der Waals surface area contributed by atoms with Crippen molar-refractivity contribution in [3.05, 3.63) is 88.9 Å². The zero-order valence-electron chi connectivity index (χ0n) is 17.8. The third-order valence-corrected chi connectivity index (χ3v) is 5.28. The van der Waals surface area contributed by atoms with Crippen molar-refractivity contribution >= 4 is 34.5 Å². The van der Waals surface area contributed by atoms with Crippen LogP contribution in [0.1, 0.15) is 32.7 Å². The predicted molar refractivity (Wildman–Crippen MR) is 126 cm³/mol. The maximum absolute atomic E-state index is 12.1. The Balaban J connectivity index is 1.33. The molecule has 0 saturated carbocycles. The van der Waals surface area contributed by atoms with Gasteiger partial charge in [0.25, 0.3) is 5.91 Å². The summed E-state index contributed by atoms with van der Waals surface area (Å²) in [6.45, 7) is 1.90. The minimum atomic E-state index is -0.214. The molecule has 2 aromatic carbocycles. The third-order valence-electron chi connectivity index (χ3n) is 5.28. The average molecular weight is 439 g/mol. The number of aryl methyl sites for hydroxylation is 1. The number of nitrogens with zero attached hydrogens (tertiary/aromatic N) is 3. The van der Waals surface area contributed by atoms with E-state index in [2.05, 4.69) is 35.7 Å². The number of nitrogens with one attached hydrogen (secondary N) is 4. The maximum atomic E-state index is 12.1. The maximum Gasteiger partial charge on any atom is 0.258 e. The molecule has 5 N–H and O–H groups in total. The van der Waals surface area contributed by atoms with Crippen LogP contribution in [-0.4, -0.2) is 42.6 Å². The number of carbonyl (C=O) groups excluding carboxylic acids is 1. The van der Waals surface area contributed by atoms with Crippen molar-refractivity contribution in [3.8, 4) is 5.88 Å². The van der Waals surface area contributed by atoms with Crippen LogP contribution in [0.5, 0.6) is 5.88 Å². The third kappa shape index (κ3) is 4.38. The lowest BCUT2D eigenvalue weighted by Gasteiger charge is -2.06. The first kappa shape index (κ1) is 20.3. The van der Waals surface area contributed by atoms with Crippen molar-refractivity contribution in [2.75, 3.05) is 5.32 Å². The number of hydrogen-bond acceptors (Lipinski definition) is 5.